The normalized spacial score (nSPS) is 10.3. The van der Waals surface area contributed by atoms with E-state index in [1.165, 1.54) is 0 Å². The fraction of sp³-hybridized carbons (Fsp3) is 0.0526. The van der Waals surface area contributed by atoms with Gasteiger partial charge in [-0.1, -0.05) is 42.0 Å². The van der Waals surface area contributed by atoms with Crippen molar-refractivity contribution >= 4 is 39.7 Å². The highest BCUT2D eigenvalue weighted by molar-refractivity contribution is 7.80. The zero-order chi connectivity index (χ0) is 17.8. The summed E-state index contributed by atoms with van der Waals surface area (Å²) in [5.74, 6) is -0.563. The number of aromatic hydroxyl groups is 1. The van der Waals surface area contributed by atoms with Crippen LogP contribution in [0.1, 0.15) is 15.9 Å². The minimum atomic E-state index is -0.476. The molecule has 0 unspecified atom stereocenters. The predicted octanol–water partition coefficient (Wildman–Crippen LogP) is 3.49. The number of thiocarbonyl (C=S) groups is 1. The Bertz CT molecular complexity index is 939. The number of phenolic OH excluding ortho intramolecular Hbond substituents is 1. The summed E-state index contributed by atoms with van der Waals surface area (Å²) in [4.78, 5) is 12.3. The zero-order valence-electron chi connectivity index (χ0n) is 13.5. The van der Waals surface area contributed by atoms with Crippen LogP contribution in [0.4, 0.5) is 5.69 Å². The van der Waals surface area contributed by atoms with Crippen LogP contribution >= 0.6 is 12.2 Å². The molecule has 0 atom stereocenters. The minimum absolute atomic E-state index is 0.0876. The maximum absolute atomic E-state index is 12.3. The second kappa shape index (κ2) is 7.19. The predicted molar refractivity (Wildman–Crippen MR) is 104 cm³/mol. The molecular weight excluding hydrogens is 334 g/mol. The van der Waals surface area contributed by atoms with E-state index in [4.69, 9.17) is 12.2 Å². The molecule has 3 aromatic rings. The molecule has 3 aromatic carbocycles. The van der Waals surface area contributed by atoms with Crippen molar-refractivity contribution in [3.63, 3.8) is 0 Å². The van der Waals surface area contributed by atoms with Gasteiger partial charge < -0.3 is 10.4 Å². The molecule has 0 aliphatic heterocycles. The average Bonchev–Trinajstić information content (AvgIpc) is 2.61. The van der Waals surface area contributed by atoms with Crippen LogP contribution in [0.15, 0.2) is 60.7 Å². The summed E-state index contributed by atoms with van der Waals surface area (Å²) < 4.78 is 0. The second-order valence-corrected chi connectivity index (χ2v) is 6.02. The van der Waals surface area contributed by atoms with Gasteiger partial charge in [-0.2, -0.15) is 0 Å². The first kappa shape index (κ1) is 16.7. The molecule has 0 saturated carbocycles. The lowest BCUT2D eigenvalue weighted by molar-refractivity contribution is 0.0941. The van der Waals surface area contributed by atoms with Crippen LogP contribution in [0.5, 0.6) is 5.75 Å². The SMILES string of the molecule is Cc1ccc(NC(=S)NNC(=O)c2cc3ccccc3cc2O)cc1. The molecule has 5 nitrogen and oxygen atoms in total. The number of benzene rings is 3. The van der Waals surface area contributed by atoms with E-state index in [0.29, 0.717) is 0 Å². The number of fused-ring (bicyclic) bond motifs is 1. The van der Waals surface area contributed by atoms with E-state index < -0.39 is 5.91 Å². The average molecular weight is 351 g/mol. The summed E-state index contributed by atoms with van der Waals surface area (Å²) in [7, 11) is 0. The first-order valence-electron chi connectivity index (χ1n) is 7.69. The zero-order valence-corrected chi connectivity index (χ0v) is 14.4. The van der Waals surface area contributed by atoms with Crippen LogP contribution in [0.2, 0.25) is 0 Å². The van der Waals surface area contributed by atoms with Crippen LogP contribution in [-0.2, 0) is 0 Å². The highest BCUT2D eigenvalue weighted by Crippen LogP contribution is 2.24. The van der Waals surface area contributed by atoms with E-state index in [1.807, 2.05) is 55.5 Å². The molecule has 25 heavy (non-hydrogen) atoms. The fourth-order valence-electron chi connectivity index (χ4n) is 2.39. The number of aryl methyl sites for hydroxylation is 1. The molecule has 126 valence electrons. The van der Waals surface area contributed by atoms with Gasteiger partial charge in [0.1, 0.15) is 5.75 Å². The molecule has 0 saturated heterocycles. The first-order chi connectivity index (χ1) is 12.0. The standard InChI is InChI=1S/C19H17N3O2S/c1-12-6-8-15(9-7-12)20-19(25)22-21-18(24)16-10-13-4-2-3-5-14(13)11-17(16)23/h2-11,23H,1H3,(H,21,24)(H2,20,22,25). The smallest absolute Gasteiger partial charge is 0.273 e. The summed E-state index contributed by atoms with van der Waals surface area (Å²) in [6.45, 7) is 2.00. The second-order valence-electron chi connectivity index (χ2n) is 5.62. The van der Waals surface area contributed by atoms with Crippen LogP contribution in [0.3, 0.4) is 0 Å². The third-order valence-electron chi connectivity index (χ3n) is 3.71. The van der Waals surface area contributed by atoms with Crippen molar-refractivity contribution < 1.29 is 9.90 Å². The van der Waals surface area contributed by atoms with E-state index in [9.17, 15) is 9.90 Å². The lowest BCUT2D eigenvalue weighted by Gasteiger charge is -2.13. The molecule has 0 spiro atoms. The summed E-state index contributed by atoms with van der Waals surface area (Å²) >= 11 is 5.15. The van der Waals surface area contributed by atoms with Crippen molar-refractivity contribution in [2.24, 2.45) is 0 Å². The largest absolute Gasteiger partial charge is 0.507 e. The Morgan fingerprint density at radius 2 is 1.60 bits per heavy atom. The molecule has 6 heteroatoms. The number of hydrogen-bond donors (Lipinski definition) is 4. The molecule has 0 aliphatic carbocycles. The lowest BCUT2D eigenvalue weighted by atomic mass is 10.1. The van der Waals surface area contributed by atoms with Gasteiger partial charge in [0, 0.05) is 5.69 Å². The van der Waals surface area contributed by atoms with Crippen molar-refractivity contribution in [3.05, 3.63) is 71.8 Å². The van der Waals surface area contributed by atoms with Gasteiger partial charge in [-0.05, 0) is 54.2 Å². The van der Waals surface area contributed by atoms with Gasteiger partial charge in [-0.3, -0.25) is 15.6 Å². The summed E-state index contributed by atoms with van der Waals surface area (Å²) in [5.41, 5.74) is 7.24. The highest BCUT2D eigenvalue weighted by Gasteiger charge is 2.12. The number of amides is 1. The molecular formula is C19H17N3O2S. The maximum Gasteiger partial charge on any atom is 0.273 e. The Kier molecular flexibility index (Phi) is 4.81. The van der Waals surface area contributed by atoms with Gasteiger partial charge in [0.15, 0.2) is 5.11 Å². The van der Waals surface area contributed by atoms with Crippen LogP contribution in [0, 0.1) is 6.92 Å². The number of phenols is 1. The number of anilines is 1. The Labute approximate surface area is 150 Å². The van der Waals surface area contributed by atoms with Crippen LogP contribution < -0.4 is 16.2 Å². The molecule has 4 N–H and O–H groups in total. The Hall–Kier alpha value is -3.12. The third-order valence-corrected chi connectivity index (χ3v) is 3.91. The van der Waals surface area contributed by atoms with Gasteiger partial charge in [-0.15, -0.1) is 0 Å². The molecule has 0 bridgehead atoms. The Balaban J connectivity index is 1.65. The topological polar surface area (TPSA) is 73.4 Å². The summed E-state index contributed by atoms with van der Waals surface area (Å²) in [6.07, 6.45) is 0. The summed E-state index contributed by atoms with van der Waals surface area (Å²) in [6, 6.07) is 18.4. The number of nitrogens with one attached hydrogen (secondary N) is 3. The number of rotatable bonds is 2. The van der Waals surface area contributed by atoms with Gasteiger partial charge in [-0.25, -0.2) is 0 Å². The van der Waals surface area contributed by atoms with Crippen molar-refractivity contribution in [2.75, 3.05) is 5.32 Å². The number of carbonyl (C=O) groups is 1. The molecule has 0 aromatic heterocycles. The van der Waals surface area contributed by atoms with Gasteiger partial charge >= 0.3 is 0 Å². The molecule has 0 aliphatic rings. The van der Waals surface area contributed by atoms with Gasteiger partial charge in [0.2, 0.25) is 0 Å². The van der Waals surface area contributed by atoms with E-state index in [-0.39, 0.29) is 16.4 Å². The quantitative estimate of drug-likeness (QED) is 0.420. The molecule has 3 rings (SSSR count). The summed E-state index contributed by atoms with van der Waals surface area (Å²) in [5, 5.41) is 15.0. The first-order valence-corrected chi connectivity index (χ1v) is 8.09. The van der Waals surface area contributed by atoms with Crippen molar-refractivity contribution in [1.29, 1.82) is 0 Å². The van der Waals surface area contributed by atoms with Gasteiger partial charge in [0.05, 0.1) is 5.56 Å². The minimum Gasteiger partial charge on any atom is -0.507 e. The maximum atomic E-state index is 12.3. The number of hydrogen-bond acceptors (Lipinski definition) is 3. The fourth-order valence-corrected chi connectivity index (χ4v) is 2.56. The molecule has 1 amide bonds. The third kappa shape index (κ3) is 4.05. The Morgan fingerprint density at radius 3 is 2.28 bits per heavy atom. The van der Waals surface area contributed by atoms with Crippen molar-refractivity contribution in [2.45, 2.75) is 6.92 Å². The van der Waals surface area contributed by atoms with E-state index in [0.717, 1.165) is 22.0 Å². The lowest BCUT2D eigenvalue weighted by Crippen LogP contribution is -2.43. The highest BCUT2D eigenvalue weighted by atomic mass is 32.1. The van der Waals surface area contributed by atoms with E-state index in [2.05, 4.69) is 16.2 Å². The Morgan fingerprint density at radius 1 is 0.960 bits per heavy atom. The van der Waals surface area contributed by atoms with Crippen LogP contribution in [0.25, 0.3) is 10.8 Å². The number of carbonyl (C=O) groups excluding carboxylic acids is 1. The molecule has 0 fully saturated rings. The molecule has 0 heterocycles. The van der Waals surface area contributed by atoms with Crippen LogP contribution in [-0.4, -0.2) is 16.1 Å². The van der Waals surface area contributed by atoms with Gasteiger partial charge in [0.25, 0.3) is 5.91 Å². The van der Waals surface area contributed by atoms with E-state index >= 15 is 0 Å². The monoisotopic (exact) mass is 351 g/mol. The van der Waals surface area contributed by atoms with Crippen molar-refractivity contribution in [3.8, 4) is 5.75 Å². The van der Waals surface area contributed by atoms with Crippen molar-refractivity contribution in [1.82, 2.24) is 10.9 Å². The molecule has 0 radical (unpaired) electrons. The van der Waals surface area contributed by atoms with E-state index in [1.54, 1.807) is 12.1 Å². The number of hydrazine groups is 1.